The maximum Gasteiger partial charge on any atom is 0.0700 e. The van der Waals surface area contributed by atoms with E-state index in [0.717, 1.165) is 25.9 Å². The van der Waals surface area contributed by atoms with Crippen molar-refractivity contribution in [3.05, 3.63) is 35.9 Å². The van der Waals surface area contributed by atoms with E-state index in [1.165, 1.54) is 5.56 Å². The number of alkyl halides is 2. The van der Waals surface area contributed by atoms with Crippen molar-refractivity contribution in [2.45, 2.75) is 19.3 Å². The van der Waals surface area contributed by atoms with Gasteiger partial charge in [0, 0.05) is 30.9 Å². The molecule has 0 saturated carbocycles. The van der Waals surface area contributed by atoms with Gasteiger partial charge in [0.15, 0.2) is 0 Å². The maximum absolute atomic E-state index is 6.19. The summed E-state index contributed by atoms with van der Waals surface area (Å²) in [6.07, 6.45) is 2.86. The van der Waals surface area contributed by atoms with Gasteiger partial charge in [0.05, 0.1) is 13.2 Å². The third-order valence-corrected chi connectivity index (χ3v) is 4.55. The Kier molecular flexibility index (Phi) is 9.28. The molecule has 20 heavy (non-hydrogen) atoms. The molecule has 114 valence electrons. The van der Waals surface area contributed by atoms with Crippen molar-refractivity contribution in [1.29, 1.82) is 0 Å². The first kappa shape index (κ1) is 17.8. The van der Waals surface area contributed by atoms with Crippen LogP contribution in [-0.2, 0) is 15.9 Å². The SMILES string of the molecule is COCCOCCCC(CCl)(CCl)Cc1ccccc1. The number of hydrogen-bond acceptors (Lipinski definition) is 2. The molecular formula is C16H24Cl2O2. The Morgan fingerprint density at radius 3 is 2.30 bits per heavy atom. The Morgan fingerprint density at radius 1 is 1.00 bits per heavy atom. The molecule has 1 rings (SSSR count). The van der Waals surface area contributed by atoms with Crippen LogP contribution >= 0.6 is 23.2 Å². The lowest BCUT2D eigenvalue weighted by Crippen LogP contribution is -2.28. The first-order chi connectivity index (χ1) is 9.76. The van der Waals surface area contributed by atoms with Gasteiger partial charge in [-0.2, -0.15) is 0 Å². The highest BCUT2D eigenvalue weighted by Crippen LogP contribution is 2.32. The molecule has 0 bridgehead atoms. The predicted octanol–water partition coefficient (Wildman–Crippen LogP) is 4.14. The van der Waals surface area contributed by atoms with Gasteiger partial charge in [0.25, 0.3) is 0 Å². The first-order valence-electron chi connectivity index (χ1n) is 6.99. The molecule has 0 atom stereocenters. The van der Waals surface area contributed by atoms with Gasteiger partial charge in [-0.05, 0) is 24.8 Å². The van der Waals surface area contributed by atoms with Crippen LogP contribution in [-0.4, -0.2) is 38.7 Å². The molecule has 0 spiro atoms. The van der Waals surface area contributed by atoms with Crippen molar-refractivity contribution >= 4 is 23.2 Å². The molecule has 0 aliphatic heterocycles. The topological polar surface area (TPSA) is 18.5 Å². The normalized spacial score (nSPS) is 11.8. The first-order valence-corrected chi connectivity index (χ1v) is 8.06. The van der Waals surface area contributed by atoms with Gasteiger partial charge in [0.2, 0.25) is 0 Å². The molecule has 0 saturated heterocycles. The third-order valence-electron chi connectivity index (χ3n) is 3.42. The number of rotatable bonds is 11. The lowest BCUT2D eigenvalue weighted by atomic mass is 9.81. The summed E-state index contributed by atoms with van der Waals surface area (Å²) in [5.41, 5.74) is 1.24. The van der Waals surface area contributed by atoms with Gasteiger partial charge in [-0.1, -0.05) is 30.3 Å². The van der Waals surface area contributed by atoms with Gasteiger partial charge in [-0.15, -0.1) is 23.2 Å². The van der Waals surface area contributed by atoms with Gasteiger partial charge in [-0.3, -0.25) is 0 Å². The van der Waals surface area contributed by atoms with Crippen LogP contribution < -0.4 is 0 Å². The van der Waals surface area contributed by atoms with Gasteiger partial charge >= 0.3 is 0 Å². The molecule has 0 unspecified atom stereocenters. The lowest BCUT2D eigenvalue weighted by molar-refractivity contribution is 0.0651. The van der Waals surface area contributed by atoms with Crippen LogP contribution in [0.3, 0.4) is 0 Å². The summed E-state index contributed by atoms with van der Waals surface area (Å²) in [4.78, 5) is 0. The maximum atomic E-state index is 6.19. The minimum absolute atomic E-state index is 0.0465. The number of methoxy groups -OCH3 is 1. The van der Waals surface area contributed by atoms with Crippen LogP contribution in [0.4, 0.5) is 0 Å². The molecule has 0 aliphatic carbocycles. The predicted molar refractivity (Wildman–Crippen MR) is 85.9 cm³/mol. The van der Waals surface area contributed by atoms with Crippen LogP contribution in [0.25, 0.3) is 0 Å². The van der Waals surface area contributed by atoms with Crippen molar-refractivity contribution in [1.82, 2.24) is 0 Å². The second-order valence-corrected chi connectivity index (χ2v) is 5.67. The zero-order chi connectivity index (χ0) is 14.7. The van der Waals surface area contributed by atoms with E-state index in [9.17, 15) is 0 Å². The Balaban J connectivity index is 2.41. The number of hydrogen-bond donors (Lipinski definition) is 0. The van der Waals surface area contributed by atoms with Crippen molar-refractivity contribution in [3.63, 3.8) is 0 Å². The van der Waals surface area contributed by atoms with E-state index in [0.29, 0.717) is 25.0 Å². The number of benzene rings is 1. The highest BCUT2D eigenvalue weighted by molar-refractivity contribution is 6.21. The largest absolute Gasteiger partial charge is 0.382 e. The van der Waals surface area contributed by atoms with Crippen molar-refractivity contribution < 1.29 is 9.47 Å². The van der Waals surface area contributed by atoms with Gasteiger partial charge in [-0.25, -0.2) is 0 Å². The summed E-state index contributed by atoms with van der Waals surface area (Å²) in [5, 5.41) is 0. The van der Waals surface area contributed by atoms with E-state index >= 15 is 0 Å². The van der Waals surface area contributed by atoms with Gasteiger partial charge < -0.3 is 9.47 Å². The third kappa shape index (κ3) is 6.45. The molecule has 4 heteroatoms. The van der Waals surface area contributed by atoms with E-state index in [4.69, 9.17) is 32.7 Å². The van der Waals surface area contributed by atoms with Crippen LogP contribution in [0.1, 0.15) is 18.4 Å². The molecule has 0 aromatic heterocycles. The quantitative estimate of drug-likeness (QED) is 0.451. The molecule has 0 radical (unpaired) electrons. The fourth-order valence-electron chi connectivity index (χ4n) is 2.17. The Bertz CT molecular complexity index is 340. The molecule has 0 amide bonds. The summed E-state index contributed by atoms with van der Waals surface area (Å²) in [6.45, 7) is 2.01. The summed E-state index contributed by atoms with van der Waals surface area (Å²) in [5.74, 6) is 1.15. The van der Waals surface area contributed by atoms with E-state index in [1.807, 2.05) is 6.07 Å². The second kappa shape index (κ2) is 10.4. The summed E-state index contributed by atoms with van der Waals surface area (Å²) < 4.78 is 10.4. The molecule has 0 N–H and O–H groups in total. The van der Waals surface area contributed by atoms with E-state index < -0.39 is 0 Å². The fraction of sp³-hybridized carbons (Fsp3) is 0.625. The molecular weight excluding hydrogens is 295 g/mol. The van der Waals surface area contributed by atoms with Crippen molar-refractivity contribution in [2.24, 2.45) is 5.41 Å². The summed E-state index contributed by atoms with van der Waals surface area (Å²) in [6, 6.07) is 10.4. The van der Waals surface area contributed by atoms with Crippen LogP contribution in [0, 0.1) is 5.41 Å². The average molecular weight is 319 g/mol. The van der Waals surface area contributed by atoms with Crippen molar-refractivity contribution in [2.75, 3.05) is 38.7 Å². The Hall–Kier alpha value is -0.280. The van der Waals surface area contributed by atoms with Gasteiger partial charge in [0.1, 0.15) is 0 Å². The zero-order valence-corrected chi connectivity index (χ0v) is 13.6. The van der Waals surface area contributed by atoms with Crippen LogP contribution in [0.2, 0.25) is 0 Å². The van der Waals surface area contributed by atoms with E-state index in [1.54, 1.807) is 7.11 Å². The monoisotopic (exact) mass is 318 g/mol. The van der Waals surface area contributed by atoms with Crippen LogP contribution in [0.5, 0.6) is 0 Å². The van der Waals surface area contributed by atoms with Crippen molar-refractivity contribution in [3.8, 4) is 0 Å². The van der Waals surface area contributed by atoms with Crippen LogP contribution in [0.15, 0.2) is 30.3 Å². The molecule has 0 fully saturated rings. The van der Waals surface area contributed by atoms with E-state index in [2.05, 4.69) is 24.3 Å². The number of ether oxygens (including phenoxy) is 2. The standard InChI is InChI=1S/C16H24Cl2O2/c1-19-10-11-20-9-5-8-16(13-17,14-18)12-15-6-3-2-4-7-15/h2-4,6-7H,5,8-14H2,1H3. The Morgan fingerprint density at radius 2 is 1.70 bits per heavy atom. The average Bonchev–Trinajstić information content (AvgIpc) is 2.50. The highest BCUT2D eigenvalue weighted by atomic mass is 35.5. The molecule has 1 aromatic rings. The molecule has 0 heterocycles. The zero-order valence-electron chi connectivity index (χ0n) is 12.1. The highest BCUT2D eigenvalue weighted by Gasteiger charge is 2.28. The van der Waals surface area contributed by atoms with E-state index in [-0.39, 0.29) is 5.41 Å². The smallest absolute Gasteiger partial charge is 0.0700 e. The molecule has 2 nitrogen and oxygen atoms in total. The minimum Gasteiger partial charge on any atom is -0.382 e. The molecule has 0 aliphatic rings. The summed E-state index contributed by atoms with van der Waals surface area (Å²) >= 11 is 12.4. The molecule has 1 aromatic carbocycles. The number of halogens is 2. The Labute approximate surface area is 132 Å². The minimum atomic E-state index is -0.0465. The second-order valence-electron chi connectivity index (χ2n) is 5.14. The lowest BCUT2D eigenvalue weighted by Gasteiger charge is -2.30. The summed E-state index contributed by atoms with van der Waals surface area (Å²) in [7, 11) is 1.68. The fourth-order valence-corrected chi connectivity index (χ4v) is 2.92.